The van der Waals surface area contributed by atoms with E-state index in [0.717, 1.165) is 6.54 Å². The molecule has 1 unspecified atom stereocenters. The molecule has 0 aromatic heterocycles. The average molecular weight is 198 g/mol. The quantitative estimate of drug-likeness (QED) is 0.630. The fraction of sp³-hybridized carbons (Fsp3) is 0.700. The fourth-order valence-electron chi connectivity index (χ4n) is 1.20. The van der Waals surface area contributed by atoms with Gasteiger partial charge in [0, 0.05) is 19.6 Å². The first-order valence-electron chi connectivity index (χ1n) is 4.93. The Hall–Kier alpha value is -0.870. The van der Waals surface area contributed by atoms with Crippen molar-refractivity contribution < 1.29 is 9.53 Å². The largest absolute Gasteiger partial charge is 0.366 e. The molecule has 0 aliphatic carbocycles. The third-order valence-electron chi connectivity index (χ3n) is 2.01. The minimum absolute atomic E-state index is 0.0327. The van der Waals surface area contributed by atoms with Crippen LogP contribution in [0.1, 0.15) is 13.8 Å². The standard InChI is InChI=1S/C10H18N2O2/c1-8(2)3-4-12-10(13)9-7-11-5-6-14-9/h3,9,11H,4-7H2,1-2H3,(H,12,13). The Labute approximate surface area is 84.7 Å². The van der Waals surface area contributed by atoms with E-state index in [-0.39, 0.29) is 12.0 Å². The van der Waals surface area contributed by atoms with Gasteiger partial charge in [0.05, 0.1) is 6.61 Å². The number of ether oxygens (including phenoxy) is 1. The topological polar surface area (TPSA) is 50.4 Å². The molecule has 1 rings (SSSR count). The first-order chi connectivity index (χ1) is 6.70. The van der Waals surface area contributed by atoms with Gasteiger partial charge in [-0.05, 0) is 13.8 Å². The Balaban J connectivity index is 2.23. The number of carbonyl (C=O) groups is 1. The van der Waals surface area contributed by atoms with Crippen LogP contribution in [0.3, 0.4) is 0 Å². The molecule has 4 nitrogen and oxygen atoms in total. The summed E-state index contributed by atoms with van der Waals surface area (Å²) in [4.78, 5) is 11.5. The van der Waals surface area contributed by atoms with Gasteiger partial charge in [0.2, 0.25) is 0 Å². The van der Waals surface area contributed by atoms with Gasteiger partial charge >= 0.3 is 0 Å². The van der Waals surface area contributed by atoms with E-state index in [1.807, 2.05) is 19.9 Å². The van der Waals surface area contributed by atoms with Crippen LogP contribution in [0.5, 0.6) is 0 Å². The van der Waals surface area contributed by atoms with Crippen LogP contribution in [0, 0.1) is 0 Å². The summed E-state index contributed by atoms with van der Waals surface area (Å²) in [5.41, 5.74) is 1.20. The third-order valence-corrected chi connectivity index (χ3v) is 2.01. The highest BCUT2D eigenvalue weighted by Gasteiger charge is 2.20. The van der Waals surface area contributed by atoms with Crippen molar-refractivity contribution in [3.8, 4) is 0 Å². The number of rotatable bonds is 3. The van der Waals surface area contributed by atoms with E-state index >= 15 is 0 Å². The Bertz CT molecular complexity index is 216. The predicted octanol–water partition coefficient (Wildman–Crippen LogP) is 0.0572. The molecule has 1 fully saturated rings. The van der Waals surface area contributed by atoms with E-state index in [1.54, 1.807) is 0 Å². The summed E-state index contributed by atoms with van der Waals surface area (Å²) in [5.74, 6) is -0.0327. The van der Waals surface area contributed by atoms with Gasteiger partial charge in [0.25, 0.3) is 5.91 Å². The highest BCUT2D eigenvalue weighted by Crippen LogP contribution is 1.95. The summed E-state index contributed by atoms with van der Waals surface area (Å²) in [5, 5.41) is 5.92. The molecule has 0 spiro atoms. The van der Waals surface area contributed by atoms with Crippen molar-refractivity contribution in [1.82, 2.24) is 10.6 Å². The molecule has 14 heavy (non-hydrogen) atoms. The van der Waals surface area contributed by atoms with E-state index in [0.29, 0.717) is 19.7 Å². The highest BCUT2D eigenvalue weighted by molar-refractivity contribution is 5.81. The maximum atomic E-state index is 11.5. The summed E-state index contributed by atoms with van der Waals surface area (Å²) in [6.07, 6.45) is 1.66. The molecular formula is C10H18N2O2. The zero-order valence-electron chi connectivity index (χ0n) is 8.80. The molecule has 4 heteroatoms. The number of hydrogen-bond acceptors (Lipinski definition) is 3. The second kappa shape index (κ2) is 5.78. The van der Waals surface area contributed by atoms with Gasteiger partial charge in [0.15, 0.2) is 0 Å². The number of carbonyl (C=O) groups excluding carboxylic acids is 1. The smallest absolute Gasteiger partial charge is 0.250 e. The van der Waals surface area contributed by atoms with E-state index in [2.05, 4.69) is 10.6 Å². The second-order valence-electron chi connectivity index (χ2n) is 3.59. The van der Waals surface area contributed by atoms with Crippen molar-refractivity contribution in [3.05, 3.63) is 11.6 Å². The third kappa shape index (κ3) is 3.89. The SMILES string of the molecule is CC(C)=CCNC(=O)C1CNCCO1. The van der Waals surface area contributed by atoms with Crippen molar-refractivity contribution in [2.45, 2.75) is 20.0 Å². The van der Waals surface area contributed by atoms with E-state index < -0.39 is 0 Å². The van der Waals surface area contributed by atoms with E-state index in [4.69, 9.17) is 4.74 Å². The molecule has 1 aliphatic heterocycles. The van der Waals surface area contributed by atoms with Crippen LogP contribution in [0.15, 0.2) is 11.6 Å². The molecule has 0 bridgehead atoms. The van der Waals surface area contributed by atoms with Crippen LogP contribution in [0.4, 0.5) is 0 Å². The number of morpholine rings is 1. The van der Waals surface area contributed by atoms with Crippen molar-refractivity contribution in [1.29, 1.82) is 0 Å². The number of amides is 1. The molecule has 1 aliphatic rings. The van der Waals surface area contributed by atoms with Crippen LogP contribution >= 0.6 is 0 Å². The summed E-state index contributed by atoms with van der Waals surface area (Å²) in [7, 11) is 0. The zero-order valence-corrected chi connectivity index (χ0v) is 8.80. The molecule has 1 amide bonds. The van der Waals surface area contributed by atoms with Crippen LogP contribution in [0.2, 0.25) is 0 Å². The maximum absolute atomic E-state index is 11.5. The van der Waals surface area contributed by atoms with Gasteiger partial charge in [0.1, 0.15) is 6.10 Å². The first kappa shape index (κ1) is 11.2. The molecule has 0 aromatic carbocycles. The van der Waals surface area contributed by atoms with Crippen molar-refractivity contribution in [2.24, 2.45) is 0 Å². The van der Waals surface area contributed by atoms with Crippen LogP contribution in [0.25, 0.3) is 0 Å². The van der Waals surface area contributed by atoms with E-state index in [1.165, 1.54) is 5.57 Å². The van der Waals surface area contributed by atoms with E-state index in [9.17, 15) is 4.79 Å². The zero-order chi connectivity index (χ0) is 10.4. The first-order valence-corrected chi connectivity index (χ1v) is 4.93. The lowest BCUT2D eigenvalue weighted by molar-refractivity contribution is -0.133. The average Bonchev–Trinajstić information content (AvgIpc) is 2.18. The van der Waals surface area contributed by atoms with Gasteiger partial charge in [-0.2, -0.15) is 0 Å². The lowest BCUT2D eigenvalue weighted by Crippen LogP contribution is -2.47. The number of allylic oxidation sites excluding steroid dienone is 1. The summed E-state index contributed by atoms with van der Waals surface area (Å²) < 4.78 is 5.30. The monoisotopic (exact) mass is 198 g/mol. The molecule has 80 valence electrons. The van der Waals surface area contributed by atoms with Gasteiger partial charge in [-0.3, -0.25) is 4.79 Å². The Morgan fingerprint density at radius 3 is 3.00 bits per heavy atom. The summed E-state index contributed by atoms with van der Waals surface area (Å²) in [6.45, 7) is 6.65. The van der Waals surface area contributed by atoms with Gasteiger partial charge < -0.3 is 15.4 Å². The van der Waals surface area contributed by atoms with Gasteiger partial charge in [-0.15, -0.1) is 0 Å². The minimum Gasteiger partial charge on any atom is -0.366 e. The van der Waals surface area contributed by atoms with Gasteiger partial charge in [-0.25, -0.2) is 0 Å². The number of hydrogen-bond donors (Lipinski definition) is 2. The summed E-state index contributed by atoms with van der Waals surface area (Å²) in [6, 6.07) is 0. The predicted molar refractivity (Wildman–Crippen MR) is 55.1 cm³/mol. The normalized spacial score (nSPS) is 21.4. The lowest BCUT2D eigenvalue weighted by Gasteiger charge is -2.22. The number of nitrogens with one attached hydrogen (secondary N) is 2. The lowest BCUT2D eigenvalue weighted by atomic mass is 10.3. The molecule has 2 N–H and O–H groups in total. The van der Waals surface area contributed by atoms with Crippen LogP contribution < -0.4 is 10.6 Å². The molecule has 0 radical (unpaired) electrons. The molecule has 1 heterocycles. The van der Waals surface area contributed by atoms with Crippen molar-refractivity contribution >= 4 is 5.91 Å². The van der Waals surface area contributed by atoms with Gasteiger partial charge in [-0.1, -0.05) is 11.6 Å². The Kier molecular flexibility index (Phi) is 4.62. The molecular weight excluding hydrogens is 180 g/mol. The van der Waals surface area contributed by atoms with Crippen LogP contribution in [-0.2, 0) is 9.53 Å². The Morgan fingerprint density at radius 2 is 2.43 bits per heavy atom. The maximum Gasteiger partial charge on any atom is 0.250 e. The molecule has 0 aromatic rings. The second-order valence-corrected chi connectivity index (χ2v) is 3.59. The Morgan fingerprint density at radius 1 is 1.64 bits per heavy atom. The molecule has 0 saturated carbocycles. The fourth-order valence-corrected chi connectivity index (χ4v) is 1.20. The van der Waals surface area contributed by atoms with Crippen LogP contribution in [-0.4, -0.2) is 38.3 Å². The molecule has 1 atom stereocenters. The highest BCUT2D eigenvalue weighted by atomic mass is 16.5. The minimum atomic E-state index is -0.325. The molecule has 1 saturated heterocycles. The van der Waals surface area contributed by atoms with Crippen molar-refractivity contribution in [2.75, 3.05) is 26.2 Å². The summed E-state index contributed by atoms with van der Waals surface area (Å²) >= 11 is 0. The van der Waals surface area contributed by atoms with Crippen molar-refractivity contribution in [3.63, 3.8) is 0 Å².